The normalized spacial score (nSPS) is 14.5. The van der Waals surface area contributed by atoms with Gasteiger partial charge >= 0.3 is 0 Å². The second-order valence-corrected chi connectivity index (χ2v) is 3.67. The van der Waals surface area contributed by atoms with Crippen molar-refractivity contribution >= 4 is 0 Å². The Morgan fingerprint density at radius 1 is 1.29 bits per heavy atom. The molecule has 2 heteroatoms. The fraction of sp³-hybridized carbons (Fsp3) is 0.417. The summed E-state index contributed by atoms with van der Waals surface area (Å²) in [4.78, 5) is 0. The second-order valence-electron chi connectivity index (χ2n) is 3.67. The van der Waals surface area contributed by atoms with Crippen LogP contribution in [0, 0.1) is 31.1 Å². The quantitative estimate of drug-likeness (QED) is 0.776. The molecule has 2 unspecified atom stereocenters. The van der Waals surface area contributed by atoms with Gasteiger partial charge in [0, 0.05) is 0 Å². The van der Waals surface area contributed by atoms with Gasteiger partial charge in [0.25, 0.3) is 0 Å². The summed E-state index contributed by atoms with van der Waals surface area (Å²) >= 11 is 0. The van der Waals surface area contributed by atoms with Crippen LogP contribution in [0.3, 0.4) is 0 Å². The molecule has 14 heavy (non-hydrogen) atoms. The zero-order chi connectivity index (χ0) is 10.7. The number of nitrogens with zero attached hydrogens (tertiary/aromatic N) is 1. The Morgan fingerprint density at radius 3 is 2.21 bits per heavy atom. The smallest absolute Gasteiger partial charge is 0.0950 e. The van der Waals surface area contributed by atoms with Gasteiger partial charge in [0.05, 0.1) is 18.1 Å². The van der Waals surface area contributed by atoms with Gasteiger partial charge in [-0.15, -0.1) is 0 Å². The molecule has 1 aromatic rings. The molecule has 0 aromatic heterocycles. The minimum atomic E-state index is -0.679. The number of hydrogen-bond acceptors (Lipinski definition) is 2. The van der Waals surface area contributed by atoms with Crippen molar-refractivity contribution in [3.63, 3.8) is 0 Å². The van der Waals surface area contributed by atoms with Crippen LogP contribution in [0.15, 0.2) is 18.2 Å². The number of aliphatic hydroxyl groups is 1. The molecular formula is C12H15NO. The van der Waals surface area contributed by atoms with Crippen LogP contribution < -0.4 is 0 Å². The van der Waals surface area contributed by atoms with Crippen molar-refractivity contribution in [3.8, 4) is 6.07 Å². The van der Waals surface area contributed by atoms with Crippen molar-refractivity contribution < 1.29 is 5.11 Å². The molecule has 2 atom stereocenters. The van der Waals surface area contributed by atoms with Gasteiger partial charge in [0.2, 0.25) is 0 Å². The third kappa shape index (κ3) is 1.94. The van der Waals surface area contributed by atoms with Crippen LogP contribution in [0.4, 0.5) is 0 Å². The van der Waals surface area contributed by atoms with Crippen LogP contribution in [0.1, 0.15) is 29.7 Å². The lowest BCUT2D eigenvalue weighted by Gasteiger charge is -2.17. The van der Waals surface area contributed by atoms with E-state index in [1.54, 1.807) is 6.92 Å². The fourth-order valence-electron chi connectivity index (χ4n) is 1.61. The highest BCUT2D eigenvalue weighted by Crippen LogP contribution is 2.27. The van der Waals surface area contributed by atoms with E-state index in [0.29, 0.717) is 0 Å². The predicted molar refractivity (Wildman–Crippen MR) is 55.7 cm³/mol. The van der Waals surface area contributed by atoms with Crippen molar-refractivity contribution in [3.05, 3.63) is 34.9 Å². The molecule has 1 rings (SSSR count). The van der Waals surface area contributed by atoms with Crippen molar-refractivity contribution in [1.82, 2.24) is 0 Å². The first-order valence-corrected chi connectivity index (χ1v) is 4.71. The third-order valence-corrected chi connectivity index (χ3v) is 2.52. The molecule has 1 aromatic carbocycles. The lowest BCUT2D eigenvalue weighted by atomic mass is 9.91. The highest BCUT2D eigenvalue weighted by Gasteiger charge is 2.19. The summed E-state index contributed by atoms with van der Waals surface area (Å²) in [5.74, 6) is -0.366. The summed E-state index contributed by atoms with van der Waals surface area (Å²) in [5.41, 5.74) is 2.97. The second kappa shape index (κ2) is 4.26. The molecule has 0 saturated heterocycles. The molecule has 74 valence electrons. The summed E-state index contributed by atoms with van der Waals surface area (Å²) in [7, 11) is 0. The number of aryl methyl sites for hydroxylation is 2. The molecule has 0 bridgehead atoms. The number of aliphatic hydroxyl groups excluding tert-OH is 1. The maximum absolute atomic E-state index is 9.93. The van der Waals surface area contributed by atoms with Gasteiger partial charge in [-0.3, -0.25) is 0 Å². The van der Waals surface area contributed by atoms with E-state index in [1.807, 2.05) is 32.0 Å². The van der Waals surface area contributed by atoms with E-state index >= 15 is 0 Å². The molecule has 0 spiro atoms. The molecule has 0 aliphatic carbocycles. The van der Waals surface area contributed by atoms with Gasteiger partial charge in [-0.1, -0.05) is 18.2 Å². The Hall–Kier alpha value is -1.33. The van der Waals surface area contributed by atoms with Crippen LogP contribution in [0.2, 0.25) is 0 Å². The van der Waals surface area contributed by atoms with Crippen LogP contribution in [0.25, 0.3) is 0 Å². The fourth-order valence-corrected chi connectivity index (χ4v) is 1.61. The molecule has 0 heterocycles. The topological polar surface area (TPSA) is 44.0 Å². The van der Waals surface area contributed by atoms with E-state index < -0.39 is 6.10 Å². The summed E-state index contributed by atoms with van der Waals surface area (Å²) < 4.78 is 0. The zero-order valence-corrected chi connectivity index (χ0v) is 8.78. The van der Waals surface area contributed by atoms with Gasteiger partial charge in [-0.2, -0.15) is 5.26 Å². The van der Waals surface area contributed by atoms with Crippen molar-refractivity contribution in [1.29, 1.82) is 5.26 Å². The zero-order valence-electron chi connectivity index (χ0n) is 8.78. The lowest BCUT2D eigenvalue weighted by molar-refractivity contribution is 0.141. The van der Waals surface area contributed by atoms with Crippen molar-refractivity contribution in [2.75, 3.05) is 0 Å². The number of hydrogen-bond donors (Lipinski definition) is 1. The summed E-state index contributed by atoms with van der Waals surface area (Å²) in [5, 5.41) is 18.7. The Balaban J connectivity index is 3.13. The number of rotatable bonds is 2. The minimum Gasteiger partial charge on any atom is -0.387 e. The monoisotopic (exact) mass is 189 g/mol. The molecule has 0 amide bonds. The molecular weight excluding hydrogens is 174 g/mol. The molecule has 0 aliphatic heterocycles. The molecule has 0 saturated carbocycles. The lowest BCUT2D eigenvalue weighted by Crippen LogP contribution is -2.10. The van der Waals surface area contributed by atoms with Gasteiger partial charge in [-0.05, 0) is 37.5 Å². The summed E-state index contributed by atoms with van der Waals surface area (Å²) in [6, 6.07) is 7.93. The Labute approximate surface area is 84.8 Å². The van der Waals surface area contributed by atoms with Gasteiger partial charge < -0.3 is 5.11 Å². The van der Waals surface area contributed by atoms with Gasteiger partial charge in [0.15, 0.2) is 0 Å². The van der Waals surface area contributed by atoms with E-state index in [1.165, 1.54) is 0 Å². The van der Waals surface area contributed by atoms with Gasteiger partial charge in [0.1, 0.15) is 0 Å². The highest BCUT2D eigenvalue weighted by molar-refractivity contribution is 5.36. The Morgan fingerprint density at radius 2 is 1.79 bits per heavy atom. The largest absolute Gasteiger partial charge is 0.387 e. The third-order valence-electron chi connectivity index (χ3n) is 2.52. The Kier molecular flexibility index (Phi) is 3.27. The van der Waals surface area contributed by atoms with Gasteiger partial charge in [-0.25, -0.2) is 0 Å². The molecule has 0 aliphatic rings. The molecule has 1 N–H and O–H groups in total. The average Bonchev–Trinajstić information content (AvgIpc) is 2.16. The van der Waals surface area contributed by atoms with E-state index in [-0.39, 0.29) is 5.92 Å². The minimum absolute atomic E-state index is 0.366. The SMILES string of the molecule is Cc1cccc(C)c1C(O)C(C)C#N. The van der Waals surface area contributed by atoms with E-state index in [9.17, 15) is 5.11 Å². The van der Waals surface area contributed by atoms with Crippen LogP contribution in [0.5, 0.6) is 0 Å². The molecule has 0 fully saturated rings. The first kappa shape index (κ1) is 10.7. The number of benzene rings is 1. The predicted octanol–water partition coefficient (Wildman–Crippen LogP) is 2.50. The number of nitriles is 1. The average molecular weight is 189 g/mol. The van der Waals surface area contributed by atoms with Crippen molar-refractivity contribution in [2.45, 2.75) is 26.9 Å². The first-order valence-electron chi connectivity index (χ1n) is 4.71. The summed E-state index contributed by atoms with van der Waals surface area (Å²) in [6.45, 7) is 5.64. The summed E-state index contributed by atoms with van der Waals surface area (Å²) in [6.07, 6.45) is -0.679. The van der Waals surface area contributed by atoms with E-state index in [2.05, 4.69) is 6.07 Å². The van der Waals surface area contributed by atoms with Crippen LogP contribution >= 0.6 is 0 Å². The first-order chi connectivity index (χ1) is 6.57. The highest BCUT2D eigenvalue weighted by atomic mass is 16.3. The van der Waals surface area contributed by atoms with Crippen molar-refractivity contribution in [2.24, 2.45) is 5.92 Å². The van der Waals surface area contributed by atoms with Crippen LogP contribution in [-0.4, -0.2) is 5.11 Å². The van der Waals surface area contributed by atoms with Crippen LogP contribution in [-0.2, 0) is 0 Å². The molecule has 0 radical (unpaired) electrons. The maximum Gasteiger partial charge on any atom is 0.0950 e. The standard InChI is InChI=1S/C12H15NO/c1-8-5-4-6-9(2)11(8)12(14)10(3)7-13/h4-6,10,12,14H,1-3H3. The Bertz CT molecular complexity index is 345. The van der Waals surface area contributed by atoms with E-state index in [4.69, 9.17) is 5.26 Å². The van der Waals surface area contributed by atoms with E-state index in [0.717, 1.165) is 16.7 Å². The maximum atomic E-state index is 9.93. The molecule has 2 nitrogen and oxygen atoms in total.